The minimum Gasteiger partial charge on any atom is -0.506 e. The monoisotopic (exact) mass is 263 g/mol. The van der Waals surface area contributed by atoms with Crippen LogP contribution in [-0.2, 0) is 19.1 Å². The van der Waals surface area contributed by atoms with Gasteiger partial charge in [-0.2, -0.15) is 0 Å². The second kappa shape index (κ2) is 4.64. The van der Waals surface area contributed by atoms with Crippen LogP contribution in [0.2, 0.25) is 0 Å². The SMILES string of the molecule is CC1(C)OC(=O)C(=CNc2ccccc2O)C(=O)O1. The zero-order valence-corrected chi connectivity index (χ0v) is 10.5. The van der Waals surface area contributed by atoms with Gasteiger partial charge in [-0.1, -0.05) is 12.1 Å². The molecule has 0 bridgehead atoms. The zero-order valence-electron chi connectivity index (χ0n) is 10.5. The highest BCUT2D eigenvalue weighted by atomic mass is 16.7. The molecule has 0 aromatic heterocycles. The lowest BCUT2D eigenvalue weighted by Gasteiger charge is -2.29. The van der Waals surface area contributed by atoms with E-state index in [4.69, 9.17) is 9.47 Å². The Morgan fingerprint density at radius 2 is 1.74 bits per heavy atom. The van der Waals surface area contributed by atoms with Gasteiger partial charge in [0.1, 0.15) is 5.75 Å². The number of cyclic esters (lactones) is 2. The standard InChI is InChI=1S/C13H13NO5/c1-13(2)18-11(16)8(12(17)19-13)7-14-9-5-3-4-6-10(9)15/h3-7,14-15H,1-2H3. The van der Waals surface area contributed by atoms with Gasteiger partial charge in [0, 0.05) is 20.0 Å². The predicted molar refractivity (Wildman–Crippen MR) is 66.1 cm³/mol. The number of hydrogen-bond acceptors (Lipinski definition) is 6. The molecule has 0 spiro atoms. The van der Waals surface area contributed by atoms with E-state index in [1.165, 1.54) is 19.9 Å². The molecule has 100 valence electrons. The molecule has 1 aromatic carbocycles. The number of hydrogen-bond donors (Lipinski definition) is 2. The first-order valence-electron chi connectivity index (χ1n) is 5.60. The highest BCUT2D eigenvalue weighted by molar-refractivity contribution is 6.15. The van der Waals surface area contributed by atoms with Gasteiger partial charge in [-0.05, 0) is 12.1 Å². The first kappa shape index (κ1) is 12.9. The lowest BCUT2D eigenvalue weighted by molar-refractivity contribution is -0.222. The van der Waals surface area contributed by atoms with Gasteiger partial charge in [0.25, 0.3) is 5.79 Å². The molecule has 2 rings (SSSR count). The number of carbonyl (C=O) groups excluding carboxylic acids is 2. The molecular formula is C13H13NO5. The molecular weight excluding hydrogens is 250 g/mol. The number of esters is 2. The number of carbonyl (C=O) groups is 2. The van der Waals surface area contributed by atoms with Crippen LogP contribution in [0.4, 0.5) is 5.69 Å². The fraction of sp³-hybridized carbons (Fsp3) is 0.231. The molecule has 19 heavy (non-hydrogen) atoms. The molecule has 1 aromatic rings. The van der Waals surface area contributed by atoms with Gasteiger partial charge >= 0.3 is 11.9 Å². The third-order valence-corrected chi connectivity index (χ3v) is 2.39. The third kappa shape index (κ3) is 2.85. The molecule has 0 unspecified atom stereocenters. The van der Waals surface area contributed by atoms with E-state index < -0.39 is 17.7 Å². The summed E-state index contributed by atoms with van der Waals surface area (Å²) in [6.45, 7) is 2.94. The van der Waals surface area contributed by atoms with E-state index in [0.717, 1.165) is 6.20 Å². The molecule has 6 nitrogen and oxygen atoms in total. The van der Waals surface area contributed by atoms with Crippen molar-refractivity contribution in [2.75, 3.05) is 5.32 Å². The van der Waals surface area contributed by atoms with E-state index in [0.29, 0.717) is 5.69 Å². The summed E-state index contributed by atoms with van der Waals surface area (Å²) >= 11 is 0. The molecule has 0 saturated carbocycles. The Kier molecular flexibility index (Phi) is 3.16. The van der Waals surface area contributed by atoms with Crippen molar-refractivity contribution in [3.05, 3.63) is 36.0 Å². The van der Waals surface area contributed by atoms with Crippen molar-refractivity contribution < 1.29 is 24.2 Å². The number of para-hydroxylation sites is 2. The lowest BCUT2D eigenvalue weighted by atomic mass is 10.2. The number of anilines is 1. The number of aromatic hydroxyl groups is 1. The molecule has 1 saturated heterocycles. The number of phenols is 1. The Morgan fingerprint density at radius 3 is 2.32 bits per heavy atom. The van der Waals surface area contributed by atoms with Crippen molar-refractivity contribution >= 4 is 17.6 Å². The van der Waals surface area contributed by atoms with Crippen LogP contribution in [0.15, 0.2) is 36.0 Å². The van der Waals surface area contributed by atoms with Crippen LogP contribution >= 0.6 is 0 Å². The van der Waals surface area contributed by atoms with Crippen molar-refractivity contribution in [1.82, 2.24) is 0 Å². The molecule has 2 N–H and O–H groups in total. The summed E-state index contributed by atoms with van der Waals surface area (Å²) in [5, 5.41) is 12.2. The van der Waals surface area contributed by atoms with Gasteiger partial charge in [0.15, 0.2) is 5.57 Å². The minimum atomic E-state index is -1.26. The number of rotatable bonds is 2. The van der Waals surface area contributed by atoms with Crippen LogP contribution in [0.3, 0.4) is 0 Å². The summed E-state index contributed by atoms with van der Waals surface area (Å²) in [6.07, 6.45) is 1.15. The Morgan fingerprint density at radius 1 is 1.16 bits per heavy atom. The average molecular weight is 263 g/mol. The molecule has 6 heteroatoms. The Hall–Kier alpha value is -2.50. The second-order valence-corrected chi connectivity index (χ2v) is 4.40. The normalized spacial score (nSPS) is 17.5. The minimum absolute atomic E-state index is 0.00257. The van der Waals surface area contributed by atoms with Crippen LogP contribution in [0.5, 0.6) is 5.75 Å². The van der Waals surface area contributed by atoms with Crippen molar-refractivity contribution in [1.29, 1.82) is 0 Å². The smallest absolute Gasteiger partial charge is 0.350 e. The Labute approximate surface area is 109 Å². The number of ether oxygens (including phenoxy) is 2. The first-order valence-corrected chi connectivity index (χ1v) is 5.60. The lowest BCUT2D eigenvalue weighted by Crippen LogP contribution is -2.42. The van der Waals surface area contributed by atoms with E-state index in [1.807, 2.05) is 0 Å². The molecule has 1 aliphatic heterocycles. The highest BCUT2D eigenvalue weighted by Gasteiger charge is 2.38. The maximum atomic E-state index is 11.6. The number of benzene rings is 1. The van der Waals surface area contributed by atoms with E-state index in [-0.39, 0.29) is 11.3 Å². The maximum absolute atomic E-state index is 11.6. The van der Waals surface area contributed by atoms with Crippen LogP contribution in [0.1, 0.15) is 13.8 Å². The average Bonchev–Trinajstić information content (AvgIpc) is 2.28. The molecule has 0 amide bonds. The third-order valence-electron chi connectivity index (χ3n) is 2.39. The summed E-state index contributed by atoms with van der Waals surface area (Å²) < 4.78 is 9.85. The number of phenolic OH excluding ortho intramolecular Hbond substituents is 1. The van der Waals surface area contributed by atoms with Crippen LogP contribution in [0.25, 0.3) is 0 Å². The van der Waals surface area contributed by atoms with Gasteiger partial charge in [0.2, 0.25) is 0 Å². The summed E-state index contributed by atoms with van der Waals surface area (Å²) in [5.41, 5.74) is 0.100. The van der Waals surface area contributed by atoms with Crippen molar-refractivity contribution in [3.63, 3.8) is 0 Å². The predicted octanol–water partition coefficient (Wildman–Crippen LogP) is 1.52. The van der Waals surface area contributed by atoms with Gasteiger partial charge in [-0.15, -0.1) is 0 Å². The number of nitrogens with one attached hydrogen (secondary N) is 1. The maximum Gasteiger partial charge on any atom is 0.350 e. The molecule has 0 aliphatic carbocycles. The fourth-order valence-electron chi connectivity index (χ4n) is 1.52. The molecule has 1 heterocycles. The highest BCUT2D eigenvalue weighted by Crippen LogP contribution is 2.25. The quantitative estimate of drug-likeness (QED) is 0.364. The summed E-state index contributed by atoms with van der Waals surface area (Å²) in [6, 6.07) is 6.41. The van der Waals surface area contributed by atoms with Crippen molar-refractivity contribution in [2.45, 2.75) is 19.6 Å². The zero-order chi connectivity index (χ0) is 14.0. The molecule has 1 fully saturated rings. The summed E-state index contributed by atoms with van der Waals surface area (Å²) in [4.78, 5) is 23.3. The van der Waals surface area contributed by atoms with Crippen LogP contribution < -0.4 is 5.32 Å². The molecule has 0 atom stereocenters. The second-order valence-electron chi connectivity index (χ2n) is 4.40. The van der Waals surface area contributed by atoms with Crippen LogP contribution in [0, 0.1) is 0 Å². The van der Waals surface area contributed by atoms with Gasteiger partial charge < -0.3 is 19.9 Å². The summed E-state index contributed by atoms with van der Waals surface area (Å²) in [5.74, 6) is -2.81. The van der Waals surface area contributed by atoms with E-state index >= 15 is 0 Å². The van der Waals surface area contributed by atoms with E-state index in [9.17, 15) is 14.7 Å². The molecule has 1 aliphatic rings. The van der Waals surface area contributed by atoms with Gasteiger partial charge in [-0.3, -0.25) is 0 Å². The topological polar surface area (TPSA) is 84.9 Å². The van der Waals surface area contributed by atoms with E-state index in [2.05, 4.69) is 5.32 Å². The Balaban J connectivity index is 2.18. The largest absolute Gasteiger partial charge is 0.506 e. The summed E-state index contributed by atoms with van der Waals surface area (Å²) in [7, 11) is 0. The van der Waals surface area contributed by atoms with Crippen molar-refractivity contribution in [2.24, 2.45) is 0 Å². The van der Waals surface area contributed by atoms with Crippen molar-refractivity contribution in [3.8, 4) is 5.75 Å². The van der Waals surface area contributed by atoms with Crippen LogP contribution in [-0.4, -0.2) is 22.8 Å². The first-order chi connectivity index (χ1) is 8.89. The van der Waals surface area contributed by atoms with Gasteiger partial charge in [-0.25, -0.2) is 9.59 Å². The van der Waals surface area contributed by atoms with Gasteiger partial charge in [0.05, 0.1) is 5.69 Å². The fourth-order valence-corrected chi connectivity index (χ4v) is 1.52. The van der Waals surface area contributed by atoms with E-state index in [1.54, 1.807) is 18.2 Å². The Bertz CT molecular complexity index is 540. The molecule has 0 radical (unpaired) electrons.